The van der Waals surface area contributed by atoms with E-state index in [2.05, 4.69) is 5.32 Å². The Hall–Kier alpha value is -3.94. The number of hydrogen-bond donors (Lipinski definition) is 1. The van der Waals surface area contributed by atoms with E-state index in [1.54, 1.807) is 30.3 Å². The van der Waals surface area contributed by atoms with Gasteiger partial charge in [0.25, 0.3) is 5.91 Å². The van der Waals surface area contributed by atoms with Crippen molar-refractivity contribution in [2.45, 2.75) is 0 Å². The van der Waals surface area contributed by atoms with Crippen molar-refractivity contribution in [2.75, 3.05) is 25.1 Å². The predicted molar refractivity (Wildman–Crippen MR) is 99.3 cm³/mol. The summed E-state index contributed by atoms with van der Waals surface area (Å²) < 4.78 is 14.9. The summed E-state index contributed by atoms with van der Waals surface area (Å²) >= 11 is 0. The van der Waals surface area contributed by atoms with Crippen LogP contribution >= 0.6 is 0 Å². The quantitative estimate of drug-likeness (QED) is 0.674. The SMILES string of the molecule is O=C(COC(=O)C1=COCCO1)Nc1cccc2c1C(=O)c1ccccc1C2=O. The molecule has 29 heavy (non-hydrogen) atoms. The van der Waals surface area contributed by atoms with E-state index >= 15 is 0 Å². The maximum absolute atomic E-state index is 12.9. The lowest BCUT2D eigenvalue weighted by Crippen LogP contribution is -2.26. The molecule has 8 heteroatoms. The second kappa shape index (κ2) is 7.59. The Bertz CT molecular complexity index is 1070. The van der Waals surface area contributed by atoms with Gasteiger partial charge in [-0.2, -0.15) is 0 Å². The molecule has 0 saturated heterocycles. The fourth-order valence-electron chi connectivity index (χ4n) is 3.11. The highest BCUT2D eigenvalue weighted by molar-refractivity contribution is 6.30. The van der Waals surface area contributed by atoms with E-state index in [0.717, 1.165) is 6.26 Å². The molecule has 8 nitrogen and oxygen atoms in total. The minimum Gasteiger partial charge on any atom is -0.493 e. The Labute approximate surface area is 165 Å². The van der Waals surface area contributed by atoms with Crippen LogP contribution in [0.4, 0.5) is 5.69 Å². The first-order valence-electron chi connectivity index (χ1n) is 8.79. The summed E-state index contributed by atoms with van der Waals surface area (Å²) in [4.78, 5) is 49.7. The third-order valence-electron chi connectivity index (χ3n) is 4.41. The molecule has 0 spiro atoms. The molecule has 1 heterocycles. The number of esters is 1. The van der Waals surface area contributed by atoms with E-state index in [4.69, 9.17) is 14.2 Å². The van der Waals surface area contributed by atoms with E-state index in [9.17, 15) is 19.2 Å². The van der Waals surface area contributed by atoms with Gasteiger partial charge in [0.1, 0.15) is 19.5 Å². The first-order chi connectivity index (χ1) is 14.1. The van der Waals surface area contributed by atoms with E-state index in [1.165, 1.54) is 12.1 Å². The summed E-state index contributed by atoms with van der Waals surface area (Å²) in [6, 6.07) is 11.1. The van der Waals surface area contributed by atoms with E-state index < -0.39 is 18.5 Å². The number of fused-ring (bicyclic) bond motifs is 2. The lowest BCUT2D eigenvalue weighted by molar-refractivity contribution is -0.148. The average Bonchev–Trinajstić information content (AvgIpc) is 2.76. The van der Waals surface area contributed by atoms with Crippen LogP contribution in [0.15, 0.2) is 54.5 Å². The van der Waals surface area contributed by atoms with Gasteiger partial charge < -0.3 is 19.5 Å². The summed E-state index contributed by atoms with van der Waals surface area (Å²) in [6.07, 6.45) is 1.12. The fraction of sp³-hybridized carbons (Fsp3) is 0.143. The molecule has 2 aromatic rings. The van der Waals surface area contributed by atoms with Gasteiger partial charge in [0.2, 0.25) is 5.76 Å². The third-order valence-corrected chi connectivity index (χ3v) is 4.41. The molecule has 1 aliphatic carbocycles. The standard InChI is InChI=1S/C21H15NO7/c23-17(11-29-21(26)16-10-27-8-9-28-16)22-15-7-3-6-14-18(15)20(25)13-5-2-1-4-12(13)19(14)24/h1-7,10H,8-9,11H2,(H,22,23). The van der Waals surface area contributed by atoms with Gasteiger partial charge in [-0.05, 0) is 6.07 Å². The smallest absolute Gasteiger partial charge is 0.377 e. The van der Waals surface area contributed by atoms with Gasteiger partial charge in [-0.25, -0.2) is 4.79 Å². The number of anilines is 1. The number of ether oxygens (including phenoxy) is 3. The topological polar surface area (TPSA) is 108 Å². The Morgan fingerprint density at radius 1 is 0.931 bits per heavy atom. The molecule has 146 valence electrons. The molecule has 1 aliphatic heterocycles. The molecule has 1 N–H and O–H groups in total. The van der Waals surface area contributed by atoms with Gasteiger partial charge in [0, 0.05) is 16.7 Å². The van der Waals surface area contributed by atoms with Crippen LogP contribution < -0.4 is 5.32 Å². The first kappa shape index (κ1) is 18.4. The van der Waals surface area contributed by atoms with Crippen LogP contribution in [0.2, 0.25) is 0 Å². The van der Waals surface area contributed by atoms with Crippen molar-refractivity contribution in [1.29, 1.82) is 0 Å². The lowest BCUT2D eigenvalue weighted by Gasteiger charge is -2.20. The van der Waals surface area contributed by atoms with Crippen LogP contribution in [0.25, 0.3) is 0 Å². The number of rotatable bonds is 4. The van der Waals surface area contributed by atoms with Crippen LogP contribution in [0.3, 0.4) is 0 Å². The minimum atomic E-state index is -0.838. The van der Waals surface area contributed by atoms with Crippen LogP contribution in [0.1, 0.15) is 31.8 Å². The van der Waals surface area contributed by atoms with E-state index in [1.807, 2.05) is 0 Å². The number of amides is 1. The predicted octanol–water partition coefficient (Wildman–Crippen LogP) is 1.83. The maximum atomic E-state index is 12.9. The summed E-state index contributed by atoms with van der Waals surface area (Å²) in [5, 5.41) is 2.53. The minimum absolute atomic E-state index is 0.114. The van der Waals surface area contributed by atoms with Crippen molar-refractivity contribution in [3.63, 3.8) is 0 Å². The Kier molecular flexibility index (Phi) is 4.82. The fourth-order valence-corrected chi connectivity index (χ4v) is 3.11. The molecule has 0 fully saturated rings. The summed E-state index contributed by atoms with van der Waals surface area (Å²) in [7, 11) is 0. The molecular weight excluding hydrogens is 378 g/mol. The molecular formula is C21H15NO7. The summed E-state index contributed by atoms with van der Waals surface area (Å²) in [6.45, 7) is -0.0604. The maximum Gasteiger partial charge on any atom is 0.377 e. The van der Waals surface area contributed by atoms with E-state index in [-0.39, 0.29) is 46.3 Å². The van der Waals surface area contributed by atoms with Crippen LogP contribution in [0, 0.1) is 0 Å². The molecule has 0 radical (unpaired) electrons. The number of ketones is 2. The zero-order valence-corrected chi connectivity index (χ0v) is 15.1. The molecule has 1 amide bonds. The zero-order chi connectivity index (χ0) is 20.4. The van der Waals surface area contributed by atoms with Gasteiger partial charge in [-0.1, -0.05) is 36.4 Å². The molecule has 0 unspecified atom stereocenters. The Balaban J connectivity index is 1.51. The van der Waals surface area contributed by atoms with Crippen molar-refractivity contribution in [3.05, 3.63) is 76.7 Å². The highest BCUT2D eigenvalue weighted by atomic mass is 16.6. The van der Waals surface area contributed by atoms with Crippen molar-refractivity contribution < 1.29 is 33.4 Å². The zero-order valence-electron chi connectivity index (χ0n) is 15.1. The van der Waals surface area contributed by atoms with Crippen LogP contribution in [0.5, 0.6) is 0 Å². The summed E-state index contributed by atoms with van der Waals surface area (Å²) in [5.41, 5.74) is 1.10. The Morgan fingerprint density at radius 3 is 2.38 bits per heavy atom. The highest BCUT2D eigenvalue weighted by Gasteiger charge is 2.31. The van der Waals surface area contributed by atoms with Gasteiger partial charge >= 0.3 is 5.97 Å². The highest BCUT2D eigenvalue weighted by Crippen LogP contribution is 2.31. The van der Waals surface area contributed by atoms with Crippen molar-refractivity contribution in [1.82, 2.24) is 0 Å². The third kappa shape index (κ3) is 3.47. The lowest BCUT2D eigenvalue weighted by atomic mass is 9.83. The average molecular weight is 393 g/mol. The van der Waals surface area contributed by atoms with Crippen molar-refractivity contribution >= 4 is 29.1 Å². The second-order valence-corrected chi connectivity index (χ2v) is 6.26. The van der Waals surface area contributed by atoms with Crippen molar-refractivity contribution in [2.24, 2.45) is 0 Å². The number of nitrogens with one attached hydrogen (secondary N) is 1. The number of hydrogen-bond acceptors (Lipinski definition) is 7. The largest absolute Gasteiger partial charge is 0.493 e. The monoisotopic (exact) mass is 393 g/mol. The number of benzene rings is 2. The van der Waals surface area contributed by atoms with Crippen LogP contribution in [-0.2, 0) is 23.8 Å². The normalized spacial score (nSPS) is 14.6. The number of carbonyl (C=O) groups is 4. The molecule has 2 aromatic carbocycles. The molecule has 0 aromatic heterocycles. The van der Waals surface area contributed by atoms with Gasteiger partial charge in [-0.3, -0.25) is 14.4 Å². The van der Waals surface area contributed by atoms with Gasteiger partial charge in [0.05, 0.1) is 11.3 Å². The molecule has 0 bridgehead atoms. The van der Waals surface area contributed by atoms with Gasteiger partial charge in [0.15, 0.2) is 18.2 Å². The molecule has 2 aliphatic rings. The molecule has 4 rings (SSSR count). The van der Waals surface area contributed by atoms with Crippen LogP contribution in [-0.4, -0.2) is 43.3 Å². The first-order valence-corrected chi connectivity index (χ1v) is 8.79. The molecule has 0 atom stereocenters. The second-order valence-electron chi connectivity index (χ2n) is 6.26. The van der Waals surface area contributed by atoms with E-state index in [0.29, 0.717) is 12.2 Å². The number of carbonyl (C=O) groups excluding carboxylic acids is 4. The Morgan fingerprint density at radius 2 is 1.66 bits per heavy atom. The summed E-state index contributed by atoms with van der Waals surface area (Å²) in [5.74, 6) is -2.28. The van der Waals surface area contributed by atoms with Gasteiger partial charge in [-0.15, -0.1) is 0 Å². The molecule has 0 saturated carbocycles. The van der Waals surface area contributed by atoms with Crippen molar-refractivity contribution in [3.8, 4) is 0 Å².